The lowest BCUT2D eigenvalue weighted by Gasteiger charge is -2.02. The molecule has 0 atom stereocenters. The van der Waals surface area contributed by atoms with Crippen LogP contribution in [-0.4, -0.2) is 4.98 Å². The van der Waals surface area contributed by atoms with E-state index in [4.69, 9.17) is 4.42 Å². The molecular formula is C23H21NO. The lowest BCUT2D eigenvalue weighted by atomic mass is 10.0. The van der Waals surface area contributed by atoms with Gasteiger partial charge in [0.25, 0.3) is 0 Å². The second kappa shape index (κ2) is 6.56. The maximum absolute atomic E-state index is 6.02. The fourth-order valence-electron chi connectivity index (χ4n) is 3.04. The summed E-state index contributed by atoms with van der Waals surface area (Å²) in [5.41, 5.74) is 7.75. The number of aryl methyl sites for hydroxylation is 2. The van der Waals surface area contributed by atoms with Crippen LogP contribution in [0.3, 0.4) is 0 Å². The minimum atomic E-state index is 0.677. The molecule has 0 saturated heterocycles. The van der Waals surface area contributed by atoms with E-state index >= 15 is 0 Å². The van der Waals surface area contributed by atoms with Gasteiger partial charge in [-0.3, -0.25) is 0 Å². The first-order valence-corrected chi connectivity index (χ1v) is 8.86. The van der Waals surface area contributed by atoms with Gasteiger partial charge in [-0.2, -0.15) is 0 Å². The van der Waals surface area contributed by atoms with E-state index in [0.29, 0.717) is 5.89 Å². The van der Waals surface area contributed by atoms with Gasteiger partial charge in [-0.05, 0) is 59.4 Å². The van der Waals surface area contributed by atoms with Crippen LogP contribution in [0.25, 0.3) is 33.7 Å². The van der Waals surface area contributed by atoms with Gasteiger partial charge in [0.1, 0.15) is 5.52 Å². The van der Waals surface area contributed by atoms with E-state index in [0.717, 1.165) is 35.1 Å². The normalized spacial score (nSPS) is 11.1. The quantitative estimate of drug-likeness (QED) is 0.440. The zero-order valence-electron chi connectivity index (χ0n) is 14.6. The van der Waals surface area contributed by atoms with Gasteiger partial charge >= 0.3 is 0 Å². The van der Waals surface area contributed by atoms with E-state index in [1.165, 1.54) is 16.7 Å². The van der Waals surface area contributed by atoms with Gasteiger partial charge in [0.05, 0.1) is 0 Å². The molecule has 0 unspecified atom stereocenters. The largest absolute Gasteiger partial charge is 0.436 e. The van der Waals surface area contributed by atoms with Gasteiger partial charge in [-0.15, -0.1) is 0 Å². The predicted octanol–water partition coefficient (Wildman–Crippen LogP) is 6.29. The van der Waals surface area contributed by atoms with Crippen LogP contribution in [0.2, 0.25) is 0 Å². The monoisotopic (exact) mass is 327 g/mol. The molecule has 0 radical (unpaired) electrons. The second-order valence-corrected chi connectivity index (χ2v) is 6.30. The molecule has 0 amide bonds. The topological polar surface area (TPSA) is 26.0 Å². The van der Waals surface area contributed by atoms with Gasteiger partial charge in [0.15, 0.2) is 5.58 Å². The molecule has 0 spiro atoms. The third-order valence-electron chi connectivity index (χ3n) is 4.69. The highest BCUT2D eigenvalue weighted by molar-refractivity contribution is 5.82. The van der Waals surface area contributed by atoms with Gasteiger partial charge in [0.2, 0.25) is 5.89 Å². The minimum absolute atomic E-state index is 0.677. The molecule has 124 valence electrons. The predicted molar refractivity (Wildman–Crippen MR) is 104 cm³/mol. The third-order valence-corrected chi connectivity index (χ3v) is 4.69. The first-order chi connectivity index (χ1) is 12.3. The van der Waals surface area contributed by atoms with Crippen molar-refractivity contribution in [3.8, 4) is 22.6 Å². The maximum atomic E-state index is 6.02. The van der Waals surface area contributed by atoms with E-state index in [1.54, 1.807) is 0 Å². The molecule has 0 saturated carbocycles. The smallest absolute Gasteiger partial charge is 0.227 e. The summed E-state index contributed by atoms with van der Waals surface area (Å²) >= 11 is 0. The number of aromatic nitrogens is 1. The number of fused-ring (bicyclic) bond motifs is 1. The van der Waals surface area contributed by atoms with Crippen molar-refractivity contribution in [2.45, 2.75) is 26.7 Å². The van der Waals surface area contributed by atoms with E-state index in [9.17, 15) is 0 Å². The summed E-state index contributed by atoms with van der Waals surface area (Å²) in [6.07, 6.45) is 2.09. The Hall–Kier alpha value is -2.87. The van der Waals surface area contributed by atoms with Crippen molar-refractivity contribution in [2.75, 3.05) is 0 Å². The van der Waals surface area contributed by atoms with Crippen LogP contribution in [0.5, 0.6) is 0 Å². The molecule has 2 nitrogen and oxygen atoms in total. The molecular weight excluding hydrogens is 306 g/mol. The summed E-state index contributed by atoms with van der Waals surface area (Å²) in [6.45, 7) is 4.33. The molecule has 4 rings (SSSR count). The number of rotatable bonds is 4. The van der Waals surface area contributed by atoms with Crippen LogP contribution in [0, 0.1) is 0 Å². The number of hydrogen-bond donors (Lipinski definition) is 0. The Kier molecular flexibility index (Phi) is 4.10. The van der Waals surface area contributed by atoms with Crippen LogP contribution in [-0.2, 0) is 12.8 Å². The van der Waals surface area contributed by atoms with Crippen molar-refractivity contribution in [2.24, 2.45) is 0 Å². The summed E-state index contributed by atoms with van der Waals surface area (Å²) in [5, 5.41) is 0. The Morgan fingerprint density at radius 1 is 0.680 bits per heavy atom. The van der Waals surface area contributed by atoms with Crippen molar-refractivity contribution < 1.29 is 4.42 Å². The Morgan fingerprint density at radius 3 is 1.84 bits per heavy atom. The molecule has 3 aromatic carbocycles. The first kappa shape index (κ1) is 15.6. The average Bonchev–Trinajstić information content (AvgIpc) is 3.11. The SMILES string of the molecule is CCc1ccc(-c2ccc3nc(-c4ccc(CC)cc4)oc3c2)cc1. The van der Waals surface area contributed by atoms with Crippen molar-refractivity contribution in [1.82, 2.24) is 4.98 Å². The third kappa shape index (κ3) is 3.08. The van der Waals surface area contributed by atoms with Gasteiger partial charge in [-0.25, -0.2) is 4.98 Å². The molecule has 0 bridgehead atoms. The van der Waals surface area contributed by atoms with E-state index in [1.807, 2.05) is 6.07 Å². The summed E-state index contributed by atoms with van der Waals surface area (Å²) < 4.78 is 6.02. The van der Waals surface area contributed by atoms with Crippen LogP contribution >= 0.6 is 0 Å². The number of nitrogens with zero attached hydrogens (tertiary/aromatic N) is 1. The minimum Gasteiger partial charge on any atom is -0.436 e. The fourth-order valence-corrected chi connectivity index (χ4v) is 3.04. The molecule has 0 fully saturated rings. The van der Waals surface area contributed by atoms with Crippen LogP contribution in [0.15, 0.2) is 71.1 Å². The van der Waals surface area contributed by atoms with E-state index < -0.39 is 0 Å². The standard InChI is InChI=1S/C23H21NO/c1-3-16-5-9-18(10-6-16)20-13-14-21-22(15-20)25-23(24-21)19-11-7-17(4-2)8-12-19/h5-15H,3-4H2,1-2H3. The summed E-state index contributed by atoms with van der Waals surface area (Å²) in [7, 11) is 0. The zero-order valence-corrected chi connectivity index (χ0v) is 14.6. The summed E-state index contributed by atoms with van der Waals surface area (Å²) in [4.78, 5) is 4.63. The fraction of sp³-hybridized carbons (Fsp3) is 0.174. The van der Waals surface area contributed by atoms with Crippen LogP contribution < -0.4 is 0 Å². The molecule has 0 N–H and O–H groups in total. The molecule has 4 aromatic rings. The Labute approximate surface area is 148 Å². The lowest BCUT2D eigenvalue weighted by molar-refractivity contribution is 0.620. The molecule has 1 heterocycles. The van der Waals surface area contributed by atoms with Crippen molar-refractivity contribution >= 4 is 11.1 Å². The number of hydrogen-bond acceptors (Lipinski definition) is 2. The Morgan fingerprint density at radius 2 is 1.24 bits per heavy atom. The second-order valence-electron chi connectivity index (χ2n) is 6.30. The molecule has 0 aliphatic heterocycles. The molecule has 25 heavy (non-hydrogen) atoms. The average molecular weight is 327 g/mol. The van der Waals surface area contributed by atoms with Crippen molar-refractivity contribution in [1.29, 1.82) is 0 Å². The Balaban J connectivity index is 1.70. The molecule has 2 heteroatoms. The maximum Gasteiger partial charge on any atom is 0.227 e. The molecule has 0 aliphatic carbocycles. The Bertz CT molecular complexity index is 949. The van der Waals surface area contributed by atoms with Crippen molar-refractivity contribution in [3.63, 3.8) is 0 Å². The summed E-state index contributed by atoms with van der Waals surface area (Å²) in [5.74, 6) is 0.677. The number of oxazole rings is 1. The highest BCUT2D eigenvalue weighted by Gasteiger charge is 2.09. The molecule has 1 aromatic heterocycles. The highest BCUT2D eigenvalue weighted by atomic mass is 16.3. The lowest BCUT2D eigenvalue weighted by Crippen LogP contribution is -1.81. The van der Waals surface area contributed by atoms with Crippen molar-refractivity contribution in [3.05, 3.63) is 77.9 Å². The van der Waals surface area contributed by atoms with Gasteiger partial charge in [-0.1, -0.05) is 56.3 Å². The van der Waals surface area contributed by atoms with Crippen LogP contribution in [0.1, 0.15) is 25.0 Å². The van der Waals surface area contributed by atoms with E-state index in [-0.39, 0.29) is 0 Å². The highest BCUT2D eigenvalue weighted by Crippen LogP contribution is 2.29. The van der Waals surface area contributed by atoms with Gasteiger partial charge < -0.3 is 4.42 Å². The first-order valence-electron chi connectivity index (χ1n) is 8.86. The van der Waals surface area contributed by atoms with Gasteiger partial charge in [0, 0.05) is 5.56 Å². The zero-order chi connectivity index (χ0) is 17.2. The summed E-state index contributed by atoms with van der Waals surface area (Å²) in [6, 6.07) is 23.3. The number of benzene rings is 3. The molecule has 0 aliphatic rings. The van der Waals surface area contributed by atoms with E-state index in [2.05, 4.69) is 79.5 Å². The van der Waals surface area contributed by atoms with Crippen LogP contribution in [0.4, 0.5) is 0 Å².